The minimum Gasteiger partial charge on any atom is -0.378 e. The van der Waals surface area contributed by atoms with E-state index in [1.165, 1.54) is 19.2 Å². The van der Waals surface area contributed by atoms with Crippen LogP contribution in [0, 0.1) is 5.82 Å². The maximum atomic E-state index is 14.4. The number of benzene rings is 1. The molecule has 1 saturated heterocycles. The van der Waals surface area contributed by atoms with E-state index in [4.69, 9.17) is 4.74 Å². The molecular formula is C20H20F3N5O2. The van der Waals surface area contributed by atoms with E-state index in [-0.39, 0.29) is 23.2 Å². The Labute approximate surface area is 170 Å². The van der Waals surface area contributed by atoms with Gasteiger partial charge in [0, 0.05) is 32.2 Å². The fourth-order valence-corrected chi connectivity index (χ4v) is 3.42. The highest BCUT2D eigenvalue weighted by molar-refractivity contribution is 5.90. The van der Waals surface area contributed by atoms with Crippen LogP contribution in [0.25, 0.3) is 10.9 Å². The van der Waals surface area contributed by atoms with Gasteiger partial charge in [-0.25, -0.2) is 22.8 Å². The lowest BCUT2D eigenvalue weighted by molar-refractivity contribution is 0.122. The molecule has 3 heterocycles. The quantitative estimate of drug-likeness (QED) is 0.686. The Morgan fingerprint density at radius 2 is 2.03 bits per heavy atom. The number of nitrogens with zero attached hydrogens (tertiary/aromatic N) is 4. The first kappa shape index (κ1) is 20.1. The maximum absolute atomic E-state index is 14.4. The summed E-state index contributed by atoms with van der Waals surface area (Å²) in [5.74, 6) is -0.641. The molecule has 1 fully saturated rings. The molecule has 0 aliphatic carbocycles. The van der Waals surface area contributed by atoms with Gasteiger partial charge in [0.2, 0.25) is 0 Å². The molecular weight excluding hydrogens is 399 g/mol. The predicted octanol–water partition coefficient (Wildman–Crippen LogP) is 2.85. The second-order valence-corrected chi connectivity index (χ2v) is 6.94. The average molecular weight is 419 g/mol. The van der Waals surface area contributed by atoms with E-state index < -0.39 is 17.8 Å². The molecule has 7 nitrogen and oxygen atoms in total. The third-order valence-corrected chi connectivity index (χ3v) is 5.04. The van der Waals surface area contributed by atoms with Gasteiger partial charge >= 0.3 is 0 Å². The van der Waals surface area contributed by atoms with Crippen molar-refractivity contribution >= 4 is 22.4 Å². The van der Waals surface area contributed by atoms with E-state index >= 15 is 0 Å². The standard InChI is InChI=1S/C20H20F3N5O2/c1-27-20(29)17-15(9-13(11-24-17)28-5-7-30-8-6-28)19(26-27)25-10-12-3-2-4-14(16(12)21)18(22)23/h2-4,9,11,18H,5-8,10H2,1H3,(H,25,26). The van der Waals surface area contributed by atoms with Crippen LogP contribution in [-0.4, -0.2) is 41.1 Å². The number of morpholine rings is 1. The summed E-state index contributed by atoms with van der Waals surface area (Å²) in [5, 5.41) is 7.68. The molecule has 158 valence electrons. The van der Waals surface area contributed by atoms with Crippen molar-refractivity contribution in [2.45, 2.75) is 13.0 Å². The van der Waals surface area contributed by atoms with Crippen molar-refractivity contribution in [2.75, 3.05) is 36.5 Å². The zero-order chi connectivity index (χ0) is 21.3. The Hall–Kier alpha value is -3.14. The van der Waals surface area contributed by atoms with Gasteiger partial charge < -0.3 is 15.0 Å². The smallest absolute Gasteiger partial charge is 0.293 e. The molecule has 1 aromatic carbocycles. The number of pyridine rings is 1. The maximum Gasteiger partial charge on any atom is 0.293 e. The minimum atomic E-state index is -2.90. The highest BCUT2D eigenvalue weighted by Gasteiger charge is 2.18. The number of rotatable bonds is 5. The van der Waals surface area contributed by atoms with Crippen molar-refractivity contribution < 1.29 is 17.9 Å². The van der Waals surface area contributed by atoms with Crippen LogP contribution in [0.5, 0.6) is 0 Å². The van der Waals surface area contributed by atoms with Crippen LogP contribution in [0.1, 0.15) is 17.6 Å². The molecule has 0 bridgehead atoms. The molecule has 0 radical (unpaired) electrons. The monoisotopic (exact) mass is 419 g/mol. The summed E-state index contributed by atoms with van der Waals surface area (Å²) in [6.45, 7) is 2.50. The molecule has 30 heavy (non-hydrogen) atoms. The first-order chi connectivity index (χ1) is 14.5. The van der Waals surface area contributed by atoms with Crippen molar-refractivity contribution in [1.82, 2.24) is 14.8 Å². The lowest BCUT2D eigenvalue weighted by Gasteiger charge is -2.28. The summed E-state index contributed by atoms with van der Waals surface area (Å²) in [4.78, 5) is 18.9. The fourth-order valence-electron chi connectivity index (χ4n) is 3.42. The van der Waals surface area contributed by atoms with E-state index in [1.807, 2.05) is 0 Å². The van der Waals surface area contributed by atoms with Crippen LogP contribution in [0.3, 0.4) is 0 Å². The summed E-state index contributed by atoms with van der Waals surface area (Å²) < 4.78 is 46.8. The summed E-state index contributed by atoms with van der Waals surface area (Å²) >= 11 is 0. The molecule has 1 aliphatic rings. The molecule has 0 saturated carbocycles. The summed E-state index contributed by atoms with van der Waals surface area (Å²) in [6, 6.07) is 5.67. The van der Waals surface area contributed by atoms with E-state index in [1.54, 1.807) is 12.3 Å². The minimum absolute atomic E-state index is 0.0749. The number of nitrogens with one attached hydrogen (secondary N) is 1. The van der Waals surface area contributed by atoms with Gasteiger partial charge in [-0.05, 0) is 6.07 Å². The van der Waals surface area contributed by atoms with Gasteiger partial charge in [0.25, 0.3) is 12.0 Å². The van der Waals surface area contributed by atoms with Crippen molar-refractivity contribution in [3.63, 3.8) is 0 Å². The number of aromatic nitrogens is 3. The average Bonchev–Trinajstić information content (AvgIpc) is 2.76. The van der Waals surface area contributed by atoms with Gasteiger partial charge in [-0.2, -0.15) is 5.10 Å². The van der Waals surface area contributed by atoms with Gasteiger partial charge in [-0.15, -0.1) is 0 Å². The molecule has 0 atom stereocenters. The van der Waals surface area contributed by atoms with Crippen LogP contribution in [-0.2, 0) is 18.3 Å². The molecule has 1 aliphatic heterocycles. The number of alkyl halides is 2. The Morgan fingerprint density at radius 1 is 1.27 bits per heavy atom. The highest BCUT2D eigenvalue weighted by Crippen LogP contribution is 2.26. The first-order valence-corrected chi connectivity index (χ1v) is 9.45. The Morgan fingerprint density at radius 3 is 2.77 bits per heavy atom. The summed E-state index contributed by atoms with van der Waals surface area (Å²) in [6.07, 6.45) is -1.27. The topological polar surface area (TPSA) is 72.3 Å². The molecule has 10 heteroatoms. The van der Waals surface area contributed by atoms with Gasteiger partial charge in [-0.1, -0.05) is 18.2 Å². The van der Waals surface area contributed by atoms with Gasteiger partial charge in [-0.3, -0.25) is 4.79 Å². The third kappa shape index (κ3) is 3.82. The fraction of sp³-hybridized carbons (Fsp3) is 0.350. The predicted molar refractivity (Wildman–Crippen MR) is 106 cm³/mol. The SMILES string of the molecule is Cn1nc(NCc2cccc(C(F)F)c2F)c2cc(N3CCOCC3)cnc2c1=O. The van der Waals surface area contributed by atoms with E-state index in [9.17, 15) is 18.0 Å². The molecule has 0 spiro atoms. The van der Waals surface area contributed by atoms with Crippen molar-refractivity contribution in [1.29, 1.82) is 0 Å². The van der Waals surface area contributed by atoms with Crippen LogP contribution in [0.15, 0.2) is 35.3 Å². The second-order valence-electron chi connectivity index (χ2n) is 6.94. The molecule has 0 amide bonds. The number of aryl methyl sites for hydroxylation is 1. The molecule has 4 rings (SSSR count). The van der Waals surface area contributed by atoms with E-state index in [0.29, 0.717) is 37.5 Å². The van der Waals surface area contributed by atoms with E-state index in [2.05, 4.69) is 20.3 Å². The summed E-state index contributed by atoms with van der Waals surface area (Å²) in [5.41, 5.74) is 0.0938. The second kappa shape index (κ2) is 8.31. The van der Waals surface area contributed by atoms with Crippen LogP contribution in [0.2, 0.25) is 0 Å². The zero-order valence-corrected chi connectivity index (χ0v) is 16.2. The molecule has 2 aromatic heterocycles. The van der Waals surface area contributed by atoms with Gasteiger partial charge in [0.05, 0.1) is 36.0 Å². The third-order valence-electron chi connectivity index (χ3n) is 5.04. The summed E-state index contributed by atoms with van der Waals surface area (Å²) in [7, 11) is 1.49. The Kier molecular flexibility index (Phi) is 5.58. The molecule has 1 N–H and O–H groups in total. The van der Waals surface area contributed by atoms with Crippen LogP contribution < -0.4 is 15.8 Å². The lowest BCUT2D eigenvalue weighted by atomic mass is 10.1. The zero-order valence-electron chi connectivity index (χ0n) is 16.2. The molecule has 0 unspecified atom stereocenters. The Bertz CT molecular complexity index is 1130. The normalized spacial score (nSPS) is 14.5. The van der Waals surface area contributed by atoms with Gasteiger partial charge in [0.1, 0.15) is 11.3 Å². The Balaban J connectivity index is 1.70. The first-order valence-electron chi connectivity index (χ1n) is 9.45. The number of hydrogen-bond acceptors (Lipinski definition) is 6. The van der Waals surface area contributed by atoms with Crippen molar-refractivity contribution in [3.8, 4) is 0 Å². The van der Waals surface area contributed by atoms with E-state index in [0.717, 1.165) is 16.4 Å². The largest absolute Gasteiger partial charge is 0.378 e. The van der Waals surface area contributed by atoms with Gasteiger partial charge in [0.15, 0.2) is 5.82 Å². The van der Waals surface area contributed by atoms with Crippen molar-refractivity contribution in [2.24, 2.45) is 7.05 Å². The van der Waals surface area contributed by atoms with Crippen LogP contribution in [0.4, 0.5) is 24.7 Å². The number of anilines is 2. The lowest BCUT2D eigenvalue weighted by Crippen LogP contribution is -2.36. The number of halogens is 3. The number of ether oxygens (including phenoxy) is 1. The van der Waals surface area contributed by atoms with Crippen molar-refractivity contribution in [3.05, 3.63) is 57.8 Å². The highest BCUT2D eigenvalue weighted by atomic mass is 19.3. The van der Waals surface area contributed by atoms with Crippen LogP contribution >= 0.6 is 0 Å². The molecule has 3 aromatic rings. The number of hydrogen-bond donors (Lipinski definition) is 1. The number of fused-ring (bicyclic) bond motifs is 1.